The summed E-state index contributed by atoms with van der Waals surface area (Å²) in [6.07, 6.45) is 4.22. The third kappa shape index (κ3) is 1.96. The Morgan fingerprint density at radius 2 is 2.07 bits per heavy atom. The van der Waals surface area contributed by atoms with Gasteiger partial charge < -0.3 is 10.0 Å². The van der Waals surface area contributed by atoms with Crippen LogP contribution in [-0.4, -0.2) is 36.2 Å². The molecule has 82 valence electrons. The maximum Gasteiger partial charge on any atom is 0.0483 e. The third-order valence-corrected chi connectivity index (χ3v) is 4.25. The predicted molar refractivity (Wildman–Crippen MR) is 58.1 cm³/mol. The summed E-state index contributed by atoms with van der Waals surface area (Å²) in [7, 11) is 0. The van der Waals surface area contributed by atoms with Crippen LogP contribution in [0.2, 0.25) is 0 Å². The smallest absolute Gasteiger partial charge is 0.0483 e. The van der Waals surface area contributed by atoms with Gasteiger partial charge in [0.15, 0.2) is 0 Å². The van der Waals surface area contributed by atoms with Crippen LogP contribution in [0.25, 0.3) is 0 Å². The highest BCUT2D eigenvalue weighted by molar-refractivity contribution is 4.89. The molecular formula is C12H23NO. The summed E-state index contributed by atoms with van der Waals surface area (Å²) in [5.74, 6) is 1.46. The van der Waals surface area contributed by atoms with Crippen molar-refractivity contribution in [2.45, 2.75) is 33.1 Å². The maximum atomic E-state index is 8.94. The van der Waals surface area contributed by atoms with E-state index in [2.05, 4.69) is 18.7 Å². The largest absolute Gasteiger partial charge is 0.396 e. The summed E-state index contributed by atoms with van der Waals surface area (Å²) in [5.41, 5.74) is 0.560. The molecule has 0 aromatic heterocycles. The minimum Gasteiger partial charge on any atom is -0.396 e. The van der Waals surface area contributed by atoms with Crippen molar-refractivity contribution in [2.24, 2.45) is 17.3 Å². The van der Waals surface area contributed by atoms with Crippen LogP contribution in [0.15, 0.2) is 0 Å². The zero-order chi connectivity index (χ0) is 10.2. The van der Waals surface area contributed by atoms with Crippen molar-refractivity contribution in [1.82, 2.24) is 4.90 Å². The molecule has 14 heavy (non-hydrogen) atoms. The number of aliphatic hydroxyl groups is 1. The summed E-state index contributed by atoms with van der Waals surface area (Å²) in [4.78, 5) is 2.51. The van der Waals surface area contributed by atoms with Crippen LogP contribution in [0.4, 0.5) is 0 Å². The first-order valence-electron chi connectivity index (χ1n) is 5.95. The first kappa shape index (κ1) is 10.4. The standard InChI is InChI=1S/C12H23NO/c1-12(2)5-3-4-11(12)8-13-6-10(7-13)9-14/h10-11,14H,3-9H2,1-2H3. The summed E-state index contributed by atoms with van der Waals surface area (Å²) in [6.45, 7) is 8.72. The van der Waals surface area contributed by atoms with E-state index < -0.39 is 0 Å². The van der Waals surface area contributed by atoms with Gasteiger partial charge in [0, 0.05) is 32.2 Å². The SMILES string of the molecule is CC1(C)CCCC1CN1CC(CO)C1. The van der Waals surface area contributed by atoms with Crippen LogP contribution in [0.5, 0.6) is 0 Å². The molecule has 0 aromatic carbocycles. The molecule has 1 saturated carbocycles. The molecule has 2 nitrogen and oxygen atoms in total. The van der Waals surface area contributed by atoms with Gasteiger partial charge >= 0.3 is 0 Å². The van der Waals surface area contributed by atoms with Crippen LogP contribution < -0.4 is 0 Å². The van der Waals surface area contributed by atoms with E-state index >= 15 is 0 Å². The molecule has 0 aromatic rings. The normalized spacial score (nSPS) is 33.2. The fourth-order valence-electron chi connectivity index (χ4n) is 2.99. The monoisotopic (exact) mass is 197 g/mol. The highest BCUT2D eigenvalue weighted by Crippen LogP contribution is 2.43. The first-order valence-corrected chi connectivity index (χ1v) is 5.95. The number of hydrogen-bond acceptors (Lipinski definition) is 2. The van der Waals surface area contributed by atoms with Crippen LogP contribution in [0.1, 0.15) is 33.1 Å². The molecule has 0 spiro atoms. The highest BCUT2D eigenvalue weighted by atomic mass is 16.3. The van der Waals surface area contributed by atoms with Gasteiger partial charge in [-0.3, -0.25) is 0 Å². The lowest BCUT2D eigenvalue weighted by Gasteiger charge is -2.42. The van der Waals surface area contributed by atoms with E-state index in [1.165, 1.54) is 25.8 Å². The van der Waals surface area contributed by atoms with Crippen molar-refractivity contribution in [3.05, 3.63) is 0 Å². The van der Waals surface area contributed by atoms with Crippen molar-refractivity contribution in [3.8, 4) is 0 Å². The summed E-state index contributed by atoms with van der Waals surface area (Å²) in [5, 5.41) is 8.94. The summed E-state index contributed by atoms with van der Waals surface area (Å²) >= 11 is 0. The molecule has 1 atom stereocenters. The van der Waals surface area contributed by atoms with Gasteiger partial charge in [-0.05, 0) is 24.2 Å². The van der Waals surface area contributed by atoms with E-state index in [9.17, 15) is 0 Å². The quantitative estimate of drug-likeness (QED) is 0.745. The van der Waals surface area contributed by atoms with E-state index in [1.54, 1.807) is 0 Å². The fraction of sp³-hybridized carbons (Fsp3) is 1.00. The van der Waals surface area contributed by atoms with Gasteiger partial charge in [-0.2, -0.15) is 0 Å². The van der Waals surface area contributed by atoms with Crippen molar-refractivity contribution in [1.29, 1.82) is 0 Å². The van der Waals surface area contributed by atoms with Crippen LogP contribution in [0, 0.1) is 17.3 Å². The average molecular weight is 197 g/mol. The maximum absolute atomic E-state index is 8.94. The van der Waals surface area contributed by atoms with E-state index in [1.807, 2.05) is 0 Å². The first-order chi connectivity index (χ1) is 6.62. The van der Waals surface area contributed by atoms with Crippen molar-refractivity contribution in [2.75, 3.05) is 26.2 Å². The van der Waals surface area contributed by atoms with Crippen LogP contribution in [-0.2, 0) is 0 Å². The Kier molecular flexibility index (Phi) is 2.85. The molecule has 0 radical (unpaired) electrons. The molecule has 2 fully saturated rings. The Morgan fingerprint density at radius 3 is 2.57 bits per heavy atom. The van der Waals surface area contributed by atoms with E-state index in [4.69, 9.17) is 5.11 Å². The second-order valence-corrected chi connectivity index (χ2v) is 5.84. The zero-order valence-corrected chi connectivity index (χ0v) is 9.50. The molecule has 1 saturated heterocycles. The second-order valence-electron chi connectivity index (χ2n) is 5.84. The number of nitrogens with zero attached hydrogens (tertiary/aromatic N) is 1. The van der Waals surface area contributed by atoms with Gasteiger partial charge in [0.2, 0.25) is 0 Å². The van der Waals surface area contributed by atoms with Gasteiger partial charge in [0.05, 0.1) is 0 Å². The average Bonchev–Trinajstić information content (AvgIpc) is 2.37. The predicted octanol–water partition coefficient (Wildman–Crippen LogP) is 1.74. The number of rotatable bonds is 3. The Balaban J connectivity index is 1.76. The van der Waals surface area contributed by atoms with E-state index in [-0.39, 0.29) is 0 Å². The Morgan fingerprint density at radius 1 is 1.36 bits per heavy atom. The van der Waals surface area contributed by atoms with Gasteiger partial charge in [-0.1, -0.05) is 20.3 Å². The molecule has 1 aliphatic carbocycles. The zero-order valence-electron chi connectivity index (χ0n) is 9.50. The number of hydrogen-bond donors (Lipinski definition) is 1. The molecule has 1 unspecified atom stereocenters. The van der Waals surface area contributed by atoms with Crippen molar-refractivity contribution < 1.29 is 5.11 Å². The molecule has 2 aliphatic rings. The van der Waals surface area contributed by atoms with Gasteiger partial charge in [0.1, 0.15) is 0 Å². The molecule has 0 bridgehead atoms. The van der Waals surface area contributed by atoms with Crippen molar-refractivity contribution in [3.63, 3.8) is 0 Å². The Bertz CT molecular complexity index is 196. The van der Waals surface area contributed by atoms with E-state index in [0.717, 1.165) is 19.0 Å². The topological polar surface area (TPSA) is 23.5 Å². The third-order valence-electron chi connectivity index (χ3n) is 4.25. The minimum absolute atomic E-state index is 0.380. The summed E-state index contributed by atoms with van der Waals surface area (Å²) in [6, 6.07) is 0. The van der Waals surface area contributed by atoms with Gasteiger partial charge in [-0.25, -0.2) is 0 Å². The Labute approximate surface area is 87.3 Å². The number of aliphatic hydroxyl groups excluding tert-OH is 1. The highest BCUT2D eigenvalue weighted by Gasteiger charge is 2.37. The van der Waals surface area contributed by atoms with Gasteiger partial charge in [-0.15, -0.1) is 0 Å². The van der Waals surface area contributed by atoms with Gasteiger partial charge in [0.25, 0.3) is 0 Å². The number of likely N-dealkylation sites (tertiary alicyclic amines) is 1. The van der Waals surface area contributed by atoms with Crippen LogP contribution in [0.3, 0.4) is 0 Å². The molecule has 1 heterocycles. The molecule has 0 amide bonds. The lowest BCUT2D eigenvalue weighted by atomic mass is 9.81. The van der Waals surface area contributed by atoms with Crippen molar-refractivity contribution >= 4 is 0 Å². The second kappa shape index (κ2) is 3.82. The fourth-order valence-corrected chi connectivity index (χ4v) is 2.99. The molecule has 1 N–H and O–H groups in total. The van der Waals surface area contributed by atoms with E-state index in [0.29, 0.717) is 17.9 Å². The summed E-state index contributed by atoms with van der Waals surface area (Å²) < 4.78 is 0. The lowest BCUT2D eigenvalue weighted by Crippen LogP contribution is -2.50. The van der Waals surface area contributed by atoms with Crippen LogP contribution >= 0.6 is 0 Å². The molecule has 1 aliphatic heterocycles. The molecule has 2 heteroatoms. The Hall–Kier alpha value is -0.0800. The molecular weight excluding hydrogens is 174 g/mol. The molecule has 2 rings (SSSR count). The minimum atomic E-state index is 0.380. The lowest BCUT2D eigenvalue weighted by molar-refractivity contribution is 0.0282.